The van der Waals surface area contributed by atoms with E-state index >= 15 is 0 Å². The number of rotatable bonds is 15. The Morgan fingerprint density at radius 3 is 1.20 bits per heavy atom. The second kappa shape index (κ2) is 21.9. The molecule has 0 N–H and O–H groups in total. The van der Waals surface area contributed by atoms with E-state index in [-0.39, 0.29) is 24.0 Å². The van der Waals surface area contributed by atoms with Gasteiger partial charge in [0.2, 0.25) is 23.8 Å². The molecule has 0 fully saturated rings. The highest BCUT2D eigenvalue weighted by atomic mass is 19.4. The monoisotopic (exact) mass is 850 g/mol. The molecule has 0 aromatic heterocycles. The van der Waals surface area contributed by atoms with Gasteiger partial charge in [-0.3, -0.25) is 0 Å². The van der Waals surface area contributed by atoms with Gasteiger partial charge in [0.1, 0.15) is 11.5 Å². The molecule has 18 heteroatoms. The maximum atomic E-state index is 14.4. The predicted molar refractivity (Wildman–Crippen MR) is 194 cm³/mol. The van der Waals surface area contributed by atoms with Crippen LogP contribution in [0.3, 0.4) is 0 Å². The number of hydrogen-bond donors (Lipinski definition) is 0. The molecular weight excluding hydrogens is 810 g/mol. The van der Waals surface area contributed by atoms with Crippen molar-refractivity contribution in [2.24, 2.45) is 0 Å². The molecule has 4 rings (SSSR count). The van der Waals surface area contributed by atoms with Crippen LogP contribution in [0.15, 0.2) is 72.8 Å². The van der Waals surface area contributed by atoms with Crippen LogP contribution >= 0.6 is 0 Å². The van der Waals surface area contributed by atoms with Gasteiger partial charge in [0.25, 0.3) is 0 Å². The minimum absolute atomic E-state index is 0.0945. The molecule has 0 amide bonds. The minimum Gasteiger partial charge on any atom is -0.494 e. The second-order valence-electron chi connectivity index (χ2n) is 12.3. The highest BCUT2D eigenvalue weighted by Crippen LogP contribution is 2.34. The number of alkyl halides is 6. The fourth-order valence-electron chi connectivity index (χ4n) is 5.15. The second-order valence-corrected chi connectivity index (χ2v) is 12.3. The lowest BCUT2D eigenvalue weighted by atomic mass is 10.0. The Labute approximate surface area is 332 Å². The minimum atomic E-state index is -4.80. The molecule has 0 saturated carbocycles. The van der Waals surface area contributed by atoms with Crippen molar-refractivity contribution >= 4 is 12.3 Å². The first kappa shape index (κ1) is 47.7. The third-order valence-corrected chi connectivity index (χ3v) is 8.01. The lowest BCUT2D eigenvalue weighted by Crippen LogP contribution is -2.34. The molecule has 0 saturated heterocycles. The average Bonchev–Trinajstić information content (AvgIpc) is 3.17. The van der Waals surface area contributed by atoms with Crippen molar-refractivity contribution in [3.63, 3.8) is 0 Å². The topological polar surface area (TPSA) is 89.5 Å². The molecule has 4 aromatic rings. The number of unbranched alkanes of at least 4 members (excludes halogenated alkanes) is 1. The molecule has 0 radical (unpaired) electrons. The van der Waals surface area contributed by atoms with Gasteiger partial charge in [-0.1, -0.05) is 51.0 Å². The van der Waals surface area contributed by atoms with Gasteiger partial charge in [0.15, 0.2) is 23.1 Å². The van der Waals surface area contributed by atoms with Crippen molar-refractivity contribution in [3.05, 3.63) is 96.1 Å². The van der Waals surface area contributed by atoms with Gasteiger partial charge in [-0.05, 0) is 92.8 Å². The van der Waals surface area contributed by atoms with E-state index < -0.39 is 84.5 Å². The summed E-state index contributed by atoms with van der Waals surface area (Å²) in [4.78, 5) is 23.3. The number of carbonyl (C=O) groups is 2. The summed E-state index contributed by atoms with van der Waals surface area (Å²) in [6, 6.07) is 16.5. The molecule has 4 aromatic carbocycles. The Hall–Kier alpha value is -5.68. The van der Waals surface area contributed by atoms with Gasteiger partial charge in [-0.2, -0.15) is 35.1 Å². The largest absolute Gasteiger partial charge is 0.514 e. The maximum Gasteiger partial charge on any atom is 0.514 e. The molecule has 0 aliphatic heterocycles. The number of benzene rings is 4. The van der Waals surface area contributed by atoms with Crippen LogP contribution in [0.1, 0.15) is 59.8 Å². The number of carbonyl (C=O) groups excluding carboxylic acids is 2. The summed E-state index contributed by atoms with van der Waals surface area (Å²) in [6.45, 7) is 7.63. The highest BCUT2D eigenvalue weighted by Gasteiger charge is 2.43. The summed E-state index contributed by atoms with van der Waals surface area (Å²) in [5.41, 5.74) is 0.428. The quantitative estimate of drug-likeness (QED) is 0.0664. The Morgan fingerprint density at radius 1 is 0.508 bits per heavy atom. The lowest BCUT2D eigenvalue weighted by molar-refractivity contribution is -0.208. The normalized spacial score (nSPS) is 12.4. The molecule has 0 bridgehead atoms. The number of halogens is 10. The number of hydrogen-bond acceptors (Lipinski definition) is 8. The zero-order chi connectivity index (χ0) is 43.9. The van der Waals surface area contributed by atoms with Crippen LogP contribution < -0.4 is 18.9 Å². The van der Waals surface area contributed by atoms with E-state index in [1.807, 2.05) is 0 Å². The fraction of sp³-hybridized carbons (Fsp3) is 0.366. The highest BCUT2D eigenvalue weighted by molar-refractivity contribution is 5.70. The van der Waals surface area contributed by atoms with Gasteiger partial charge >= 0.3 is 24.7 Å². The fourth-order valence-corrected chi connectivity index (χ4v) is 5.15. The van der Waals surface area contributed by atoms with Crippen LogP contribution in [0.2, 0.25) is 0 Å². The van der Waals surface area contributed by atoms with Crippen LogP contribution in [-0.2, 0) is 9.47 Å². The Bertz CT molecular complexity index is 1970. The molecule has 0 heterocycles. The van der Waals surface area contributed by atoms with Crippen molar-refractivity contribution in [1.82, 2.24) is 0 Å². The van der Waals surface area contributed by atoms with E-state index in [0.717, 1.165) is 24.3 Å². The standard InChI is InChI=1S/C21H21F5O4.C20H19F5O4/c1-3-5-6-17(21(24,25)26)30-20(27)29-16-12-11-15(18(22)19(16)23)13-7-9-14(10-8-13)28-4-2;1-3-5-16(20(23,24)25)29-19(26)28-15-11-10-14(17(21)18(15)22)12-6-8-13(9-7-12)27-4-2/h7-12,17H,3-6H2,1-2H3;6-11,16H,3-5H2,1-2H3. The molecule has 322 valence electrons. The van der Waals surface area contributed by atoms with Crippen LogP contribution in [0.5, 0.6) is 23.0 Å². The number of ether oxygens (including phenoxy) is 6. The van der Waals surface area contributed by atoms with Crippen molar-refractivity contribution in [1.29, 1.82) is 0 Å². The van der Waals surface area contributed by atoms with Crippen LogP contribution in [-0.4, -0.2) is 50.1 Å². The zero-order valence-electron chi connectivity index (χ0n) is 32.1. The van der Waals surface area contributed by atoms with Gasteiger partial charge in [0.05, 0.1) is 13.2 Å². The average molecular weight is 851 g/mol. The van der Waals surface area contributed by atoms with Gasteiger partial charge in [0, 0.05) is 11.1 Å². The van der Waals surface area contributed by atoms with Crippen molar-refractivity contribution in [3.8, 4) is 45.3 Å². The first-order valence-electron chi connectivity index (χ1n) is 18.2. The maximum absolute atomic E-state index is 14.4. The zero-order valence-corrected chi connectivity index (χ0v) is 32.1. The predicted octanol–water partition coefficient (Wildman–Crippen LogP) is 12.9. The van der Waals surface area contributed by atoms with Gasteiger partial charge in [-0.25, -0.2) is 18.4 Å². The Kier molecular flexibility index (Phi) is 17.7. The van der Waals surface area contributed by atoms with E-state index in [1.54, 1.807) is 45.0 Å². The summed E-state index contributed by atoms with van der Waals surface area (Å²) < 4.78 is 163. The van der Waals surface area contributed by atoms with Crippen LogP contribution in [0.4, 0.5) is 53.5 Å². The first-order valence-corrected chi connectivity index (χ1v) is 18.2. The van der Waals surface area contributed by atoms with Crippen LogP contribution in [0, 0.1) is 23.3 Å². The molecule has 0 aliphatic carbocycles. The van der Waals surface area contributed by atoms with E-state index in [2.05, 4.69) is 18.9 Å². The Morgan fingerprint density at radius 2 is 0.881 bits per heavy atom. The lowest BCUT2D eigenvalue weighted by Gasteiger charge is -2.20. The van der Waals surface area contributed by atoms with Gasteiger partial charge < -0.3 is 28.4 Å². The molecule has 0 aliphatic rings. The van der Waals surface area contributed by atoms with E-state index in [1.165, 1.54) is 31.2 Å². The third kappa shape index (κ3) is 14.0. The third-order valence-electron chi connectivity index (χ3n) is 8.01. The summed E-state index contributed by atoms with van der Waals surface area (Å²) in [5.74, 6) is -6.33. The summed E-state index contributed by atoms with van der Waals surface area (Å²) >= 11 is 0. The van der Waals surface area contributed by atoms with E-state index in [0.29, 0.717) is 42.3 Å². The Balaban J connectivity index is 0.000000316. The van der Waals surface area contributed by atoms with Crippen LogP contribution in [0.25, 0.3) is 22.3 Å². The summed E-state index contributed by atoms with van der Waals surface area (Å²) in [5, 5.41) is 0. The van der Waals surface area contributed by atoms with E-state index in [4.69, 9.17) is 9.47 Å². The smallest absolute Gasteiger partial charge is 0.494 e. The van der Waals surface area contributed by atoms with Crippen molar-refractivity contribution in [2.45, 2.75) is 84.4 Å². The van der Waals surface area contributed by atoms with Crippen molar-refractivity contribution < 1.29 is 81.9 Å². The summed E-state index contributed by atoms with van der Waals surface area (Å²) in [7, 11) is 0. The van der Waals surface area contributed by atoms with Gasteiger partial charge in [-0.15, -0.1) is 0 Å². The molecule has 59 heavy (non-hydrogen) atoms. The molecule has 2 unspecified atom stereocenters. The molecular formula is C41H40F10O8. The first-order chi connectivity index (χ1) is 27.8. The van der Waals surface area contributed by atoms with Crippen molar-refractivity contribution in [2.75, 3.05) is 13.2 Å². The summed E-state index contributed by atoms with van der Waals surface area (Å²) in [6.07, 6.45) is -18.1. The molecule has 0 spiro atoms. The molecule has 2 atom stereocenters. The van der Waals surface area contributed by atoms with E-state index in [9.17, 15) is 53.5 Å². The molecule has 8 nitrogen and oxygen atoms in total. The SMILES string of the molecule is CCCC(OC(=O)Oc1ccc(-c2ccc(OCC)cc2)c(F)c1F)C(F)(F)F.CCCCC(OC(=O)Oc1ccc(-c2ccc(OCC)cc2)c(F)c1F)C(F)(F)F.